The molecule has 17 nitrogen and oxygen atoms in total. The quantitative estimate of drug-likeness (QED) is 0.0898. The Morgan fingerprint density at radius 1 is 1.01 bits per heavy atom. The Bertz CT molecular complexity index is 2990. The summed E-state index contributed by atoms with van der Waals surface area (Å²) in [4.78, 5) is 38.4. The van der Waals surface area contributed by atoms with E-state index in [9.17, 15) is 36.5 Å². The first-order valence-electron chi connectivity index (χ1n) is 22.9. The zero-order chi connectivity index (χ0) is 49.1. The predicted octanol–water partition coefficient (Wildman–Crippen LogP) is 8.08. The van der Waals surface area contributed by atoms with E-state index in [1.54, 1.807) is 30.5 Å². The largest absolute Gasteiger partial charge is 0.489 e. The third-order valence-corrected chi connectivity index (χ3v) is 15.2. The molecule has 0 bridgehead atoms. The Hall–Kier alpha value is -6.13. The fourth-order valence-electron chi connectivity index (χ4n) is 9.81. The minimum absolute atomic E-state index is 0.0372. The fraction of sp³-hybridized carbons (Fsp3) is 0.417. The third kappa shape index (κ3) is 9.68. The summed E-state index contributed by atoms with van der Waals surface area (Å²) in [5.74, 6) is -1.69. The first kappa shape index (κ1) is 47.5. The van der Waals surface area contributed by atoms with Crippen LogP contribution in [0.3, 0.4) is 0 Å². The van der Waals surface area contributed by atoms with Gasteiger partial charge in [-0.25, -0.2) is 13.1 Å². The fourth-order valence-corrected chi connectivity index (χ4v) is 10.9. The van der Waals surface area contributed by atoms with Gasteiger partial charge >= 0.3 is 6.18 Å². The molecule has 3 aromatic carbocycles. The number of nitrogens with one attached hydrogen (secondary N) is 3. The first-order chi connectivity index (χ1) is 33.4. The molecule has 0 radical (unpaired) electrons. The number of ether oxygens (including phenoxy) is 4. The number of allylic oxidation sites excluding steroid dienone is 1. The van der Waals surface area contributed by atoms with Gasteiger partial charge in [0.25, 0.3) is 21.6 Å². The van der Waals surface area contributed by atoms with Crippen LogP contribution in [-0.2, 0) is 19.5 Å². The number of amides is 1. The van der Waals surface area contributed by atoms with Gasteiger partial charge in [0.15, 0.2) is 11.4 Å². The summed E-state index contributed by atoms with van der Waals surface area (Å²) in [6.07, 6.45) is -3.21. The van der Waals surface area contributed by atoms with Crippen LogP contribution in [0.5, 0.6) is 11.6 Å². The van der Waals surface area contributed by atoms with Crippen molar-refractivity contribution in [2.24, 2.45) is 5.41 Å². The number of rotatable bonds is 10. The molecule has 70 heavy (non-hydrogen) atoms. The summed E-state index contributed by atoms with van der Waals surface area (Å²) in [6.45, 7) is 7.83. The average molecular weight is 1010 g/mol. The van der Waals surface area contributed by atoms with Crippen LogP contribution in [0.25, 0.3) is 16.6 Å². The molecule has 2 fully saturated rings. The van der Waals surface area contributed by atoms with E-state index in [4.69, 9.17) is 30.5 Å². The van der Waals surface area contributed by atoms with E-state index in [-0.39, 0.29) is 58.5 Å². The Kier molecular flexibility index (Phi) is 12.6. The van der Waals surface area contributed by atoms with Crippen LogP contribution in [0.15, 0.2) is 83.4 Å². The van der Waals surface area contributed by atoms with Crippen molar-refractivity contribution in [3.8, 4) is 11.6 Å². The summed E-state index contributed by atoms with van der Waals surface area (Å²) in [7, 11) is -4.90. The maximum Gasteiger partial charge on any atom is 0.427 e. The van der Waals surface area contributed by atoms with E-state index in [1.165, 1.54) is 22.1 Å². The lowest BCUT2D eigenvalue weighted by molar-refractivity contribution is -0.384. The number of alkyl halides is 3. The lowest BCUT2D eigenvalue weighted by Gasteiger charge is -2.40. The van der Waals surface area contributed by atoms with Crippen molar-refractivity contribution >= 4 is 72.6 Å². The number of fused-ring (bicyclic) bond motifs is 3. The molecule has 3 N–H and O–H groups in total. The van der Waals surface area contributed by atoms with Crippen molar-refractivity contribution in [3.63, 3.8) is 0 Å². The van der Waals surface area contributed by atoms with Gasteiger partial charge in [-0.1, -0.05) is 43.2 Å². The molecule has 1 amide bonds. The van der Waals surface area contributed by atoms with Gasteiger partial charge in [0.1, 0.15) is 24.0 Å². The maximum absolute atomic E-state index is 14.7. The number of hydrogen-bond donors (Lipinski definition) is 3. The second-order valence-electron chi connectivity index (χ2n) is 18.9. The molecule has 3 atom stereocenters. The molecular formula is C48H50ClF3N8O9S. The lowest BCUT2D eigenvalue weighted by Crippen LogP contribution is -2.48. The number of nitro groups is 1. The first-order valence-corrected chi connectivity index (χ1v) is 24.8. The lowest BCUT2D eigenvalue weighted by atomic mass is 9.72. The van der Waals surface area contributed by atoms with Crippen molar-refractivity contribution in [1.29, 1.82) is 0 Å². The number of aromatic nitrogens is 2. The van der Waals surface area contributed by atoms with Gasteiger partial charge < -0.3 is 39.0 Å². The standard InChI is InChI=1S/C48H50ClF3N8O9S/c1-47(2)11-9-30(35(23-47)28-3-5-31(49)6-4-28)24-57-13-15-58(16-14-57)32-7-8-34(37(20-32)59-25-42(48(50,51)52)69-46-39(59)19-29-10-12-53-44(29)55-46)45(61)56-70(64,65)33-21-38(60(62)63)43-40(22-33)68-26-36(54-43)41-27-66-17-18-67-41/h3-8,10,12,19-22,36,41-42,54H,9,11,13-18,23-27H2,1-2H3,(H,53,55)(H,56,61)/t36-,41+,42-/m0/s1. The van der Waals surface area contributed by atoms with Gasteiger partial charge in [-0.3, -0.25) is 19.8 Å². The monoisotopic (exact) mass is 1010 g/mol. The molecule has 2 aromatic heterocycles. The number of nitro benzene ring substituents is 1. The normalized spacial score (nSPS) is 21.8. The number of anilines is 4. The SMILES string of the molecule is CC1(C)CCC(CN2CCN(c3ccc(C(=O)NS(=O)(=O)c4cc5c(c([N+](=O)[O-])c4)N[C@H]([C@H]4COCCO4)CO5)c(N4C[C@@H](C(F)(F)F)Oc5nc6[nH]ccc6cc54)c3)CC2)=C(c2ccc(Cl)cc2)C1. The Labute approximate surface area is 406 Å². The van der Waals surface area contributed by atoms with E-state index in [2.05, 4.69) is 51.1 Å². The van der Waals surface area contributed by atoms with Crippen LogP contribution in [0, 0.1) is 15.5 Å². The number of halogens is 4. The Morgan fingerprint density at radius 2 is 1.80 bits per heavy atom. The average Bonchev–Trinajstić information content (AvgIpc) is 3.80. The minimum Gasteiger partial charge on any atom is -0.489 e. The second kappa shape index (κ2) is 18.6. The zero-order valence-electron chi connectivity index (χ0n) is 38.2. The van der Waals surface area contributed by atoms with E-state index >= 15 is 0 Å². The highest BCUT2D eigenvalue weighted by molar-refractivity contribution is 7.90. The molecular weight excluding hydrogens is 957 g/mol. The van der Waals surface area contributed by atoms with Crippen molar-refractivity contribution in [3.05, 3.63) is 105 Å². The van der Waals surface area contributed by atoms with Crippen molar-refractivity contribution < 1.29 is 50.3 Å². The van der Waals surface area contributed by atoms with Crippen LogP contribution in [0.1, 0.15) is 49.0 Å². The van der Waals surface area contributed by atoms with E-state index < -0.39 is 62.4 Å². The van der Waals surface area contributed by atoms with Gasteiger partial charge in [0.05, 0.1) is 53.5 Å². The predicted molar refractivity (Wildman–Crippen MR) is 256 cm³/mol. The van der Waals surface area contributed by atoms with E-state index in [0.717, 1.165) is 43.5 Å². The molecule has 1 aliphatic carbocycles. The number of hydrogen-bond acceptors (Lipinski definition) is 14. The molecule has 5 aliphatic rings. The van der Waals surface area contributed by atoms with Crippen LogP contribution < -0.4 is 29.3 Å². The molecule has 6 heterocycles. The summed E-state index contributed by atoms with van der Waals surface area (Å²) in [6, 6.07) is 17.1. The smallest absolute Gasteiger partial charge is 0.427 e. The highest BCUT2D eigenvalue weighted by atomic mass is 35.5. The summed E-state index contributed by atoms with van der Waals surface area (Å²) in [5, 5.41) is 16.6. The molecule has 5 aromatic rings. The third-order valence-electron chi connectivity index (χ3n) is 13.6. The highest BCUT2D eigenvalue weighted by Crippen LogP contribution is 2.46. The van der Waals surface area contributed by atoms with Gasteiger partial charge in [0, 0.05) is 67.1 Å². The summed E-state index contributed by atoms with van der Waals surface area (Å²) < 4.78 is 96.8. The van der Waals surface area contributed by atoms with Gasteiger partial charge in [0.2, 0.25) is 12.0 Å². The topological polar surface area (TPSA) is 194 Å². The molecule has 10 rings (SSSR count). The Balaban J connectivity index is 0.962. The van der Waals surface area contributed by atoms with E-state index in [0.29, 0.717) is 55.5 Å². The van der Waals surface area contributed by atoms with Crippen molar-refractivity contribution in [2.75, 3.05) is 80.8 Å². The van der Waals surface area contributed by atoms with E-state index in [1.807, 2.05) is 16.9 Å². The molecule has 0 unspecified atom stereocenters. The van der Waals surface area contributed by atoms with Crippen LogP contribution >= 0.6 is 11.6 Å². The number of benzene rings is 3. The number of nitrogens with zero attached hydrogens (tertiary/aromatic N) is 5. The number of pyridine rings is 1. The minimum atomic E-state index is -4.90. The highest BCUT2D eigenvalue weighted by Gasteiger charge is 2.47. The number of piperazine rings is 1. The molecule has 0 saturated carbocycles. The molecule has 370 valence electrons. The Morgan fingerprint density at radius 3 is 2.53 bits per heavy atom. The van der Waals surface area contributed by atoms with Crippen LogP contribution in [0.4, 0.5) is 41.6 Å². The van der Waals surface area contributed by atoms with Gasteiger partial charge in [-0.2, -0.15) is 18.2 Å². The summed E-state index contributed by atoms with van der Waals surface area (Å²) >= 11 is 6.25. The zero-order valence-corrected chi connectivity index (χ0v) is 39.8. The van der Waals surface area contributed by atoms with Gasteiger partial charge in [-0.05, 0) is 78.3 Å². The van der Waals surface area contributed by atoms with Crippen molar-refractivity contribution in [1.82, 2.24) is 19.6 Å². The number of carbonyl (C=O) groups is 1. The molecule has 0 spiro atoms. The number of carbonyl (C=O) groups excluding carboxylic acids is 1. The number of H-pyrrole nitrogens is 1. The molecule has 2 saturated heterocycles. The van der Waals surface area contributed by atoms with Crippen LogP contribution in [-0.4, -0.2) is 124 Å². The van der Waals surface area contributed by atoms with Gasteiger partial charge in [-0.15, -0.1) is 0 Å². The second-order valence-corrected chi connectivity index (χ2v) is 21.1. The number of sulfonamides is 1. The van der Waals surface area contributed by atoms with Crippen molar-refractivity contribution in [2.45, 2.75) is 62.4 Å². The maximum atomic E-state index is 14.7. The number of aromatic amines is 1. The summed E-state index contributed by atoms with van der Waals surface area (Å²) in [5.41, 5.74) is 3.93. The molecule has 22 heteroatoms. The molecule has 4 aliphatic heterocycles. The van der Waals surface area contributed by atoms with Crippen LogP contribution in [0.2, 0.25) is 5.02 Å².